The predicted molar refractivity (Wildman–Crippen MR) is 75.2 cm³/mol. The Balaban J connectivity index is 2.59. The number of aliphatic carboxylic acids is 1. The van der Waals surface area contributed by atoms with Gasteiger partial charge in [0.2, 0.25) is 0 Å². The Morgan fingerprint density at radius 2 is 2.00 bits per heavy atom. The molecule has 1 N–H and O–H groups in total. The zero-order valence-electron chi connectivity index (χ0n) is 11.0. The quantitative estimate of drug-likeness (QED) is 0.924. The van der Waals surface area contributed by atoms with Crippen LogP contribution in [0.4, 0.5) is 0 Å². The van der Waals surface area contributed by atoms with Crippen molar-refractivity contribution in [3.05, 3.63) is 21.7 Å². The summed E-state index contributed by atoms with van der Waals surface area (Å²) in [4.78, 5) is 11.0. The molecule has 0 radical (unpaired) electrons. The van der Waals surface area contributed by atoms with Crippen molar-refractivity contribution in [3.8, 4) is 11.5 Å². The SMILES string of the molecule is CC(C)c1c(CC(=O)O)cc(Br)c2c1OCCCO2. The van der Waals surface area contributed by atoms with Gasteiger partial charge in [-0.15, -0.1) is 0 Å². The third kappa shape index (κ3) is 3.03. The van der Waals surface area contributed by atoms with E-state index in [0.29, 0.717) is 24.7 Å². The van der Waals surface area contributed by atoms with E-state index in [4.69, 9.17) is 14.6 Å². The minimum absolute atomic E-state index is 0.0112. The number of rotatable bonds is 3. The normalized spacial score (nSPS) is 14.3. The van der Waals surface area contributed by atoms with E-state index in [1.54, 1.807) is 0 Å². The molecular weight excluding hydrogens is 312 g/mol. The number of carboxylic acids is 1. The zero-order valence-corrected chi connectivity index (χ0v) is 12.6. The van der Waals surface area contributed by atoms with Gasteiger partial charge in [0.25, 0.3) is 0 Å². The van der Waals surface area contributed by atoms with Gasteiger partial charge in [0.1, 0.15) is 0 Å². The summed E-state index contributed by atoms with van der Waals surface area (Å²) in [6, 6.07) is 1.83. The summed E-state index contributed by atoms with van der Waals surface area (Å²) in [7, 11) is 0. The van der Waals surface area contributed by atoms with E-state index < -0.39 is 5.97 Å². The number of hydrogen-bond acceptors (Lipinski definition) is 3. The van der Waals surface area contributed by atoms with Crippen LogP contribution in [0.2, 0.25) is 0 Å². The summed E-state index contributed by atoms with van der Waals surface area (Å²) in [5, 5.41) is 9.04. The van der Waals surface area contributed by atoms with E-state index in [2.05, 4.69) is 15.9 Å². The van der Waals surface area contributed by atoms with E-state index in [1.165, 1.54) is 0 Å². The third-order valence-corrected chi connectivity index (χ3v) is 3.60. The number of carboxylic acid groups (broad SMARTS) is 1. The van der Waals surface area contributed by atoms with Gasteiger partial charge in [-0.3, -0.25) is 4.79 Å². The van der Waals surface area contributed by atoms with E-state index in [0.717, 1.165) is 22.0 Å². The molecule has 0 saturated carbocycles. The lowest BCUT2D eigenvalue weighted by atomic mass is 9.93. The Labute approximate surface area is 120 Å². The van der Waals surface area contributed by atoms with E-state index in [-0.39, 0.29) is 12.3 Å². The minimum Gasteiger partial charge on any atom is -0.489 e. The molecule has 1 aromatic rings. The highest BCUT2D eigenvalue weighted by molar-refractivity contribution is 9.10. The van der Waals surface area contributed by atoms with Gasteiger partial charge in [0, 0.05) is 12.0 Å². The maximum Gasteiger partial charge on any atom is 0.307 e. The van der Waals surface area contributed by atoms with Crippen molar-refractivity contribution in [3.63, 3.8) is 0 Å². The lowest BCUT2D eigenvalue weighted by Gasteiger charge is -2.20. The van der Waals surface area contributed by atoms with Crippen LogP contribution in [0.3, 0.4) is 0 Å². The lowest BCUT2D eigenvalue weighted by molar-refractivity contribution is -0.136. The number of benzene rings is 1. The summed E-state index contributed by atoms with van der Waals surface area (Å²) in [6.07, 6.45) is 0.815. The Kier molecular flexibility index (Phi) is 4.34. The molecule has 1 heterocycles. The molecule has 0 saturated heterocycles. The average Bonchev–Trinajstić information content (AvgIpc) is 2.53. The summed E-state index contributed by atoms with van der Waals surface area (Å²) in [5.41, 5.74) is 1.71. The molecule has 0 unspecified atom stereocenters. The summed E-state index contributed by atoms with van der Waals surface area (Å²) in [5.74, 6) is 0.717. The maximum absolute atomic E-state index is 11.0. The van der Waals surface area contributed by atoms with Crippen LogP contribution in [-0.4, -0.2) is 24.3 Å². The van der Waals surface area contributed by atoms with Crippen molar-refractivity contribution in [2.24, 2.45) is 0 Å². The van der Waals surface area contributed by atoms with Crippen LogP contribution in [0.15, 0.2) is 10.5 Å². The fraction of sp³-hybridized carbons (Fsp3) is 0.500. The van der Waals surface area contributed by atoms with E-state index >= 15 is 0 Å². The number of fused-ring (bicyclic) bond motifs is 1. The molecular formula is C14H17BrO4. The standard InChI is InChI=1S/C14H17BrO4/c1-8(2)12-9(7-11(16)17)6-10(15)13-14(12)19-5-3-4-18-13/h6,8H,3-5,7H2,1-2H3,(H,16,17). The molecule has 4 nitrogen and oxygen atoms in total. The molecule has 0 aliphatic carbocycles. The van der Waals surface area contributed by atoms with Crippen LogP contribution in [0.25, 0.3) is 0 Å². The van der Waals surface area contributed by atoms with Gasteiger partial charge in [-0.05, 0) is 33.5 Å². The first-order valence-electron chi connectivity index (χ1n) is 6.33. The van der Waals surface area contributed by atoms with Gasteiger partial charge < -0.3 is 14.6 Å². The minimum atomic E-state index is -0.844. The van der Waals surface area contributed by atoms with Crippen LogP contribution >= 0.6 is 15.9 Å². The molecule has 1 aliphatic rings. The first-order valence-corrected chi connectivity index (χ1v) is 7.12. The Morgan fingerprint density at radius 1 is 1.37 bits per heavy atom. The van der Waals surface area contributed by atoms with E-state index in [1.807, 2.05) is 19.9 Å². The topological polar surface area (TPSA) is 55.8 Å². The highest BCUT2D eigenvalue weighted by Crippen LogP contribution is 2.44. The van der Waals surface area contributed by atoms with Crippen molar-refractivity contribution < 1.29 is 19.4 Å². The van der Waals surface area contributed by atoms with Gasteiger partial charge in [-0.1, -0.05) is 13.8 Å². The van der Waals surface area contributed by atoms with Crippen LogP contribution in [0.5, 0.6) is 11.5 Å². The molecule has 0 amide bonds. The molecule has 0 atom stereocenters. The van der Waals surface area contributed by atoms with E-state index in [9.17, 15) is 4.79 Å². The summed E-state index contributed by atoms with van der Waals surface area (Å²) < 4.78 is 12.3. The monoisotopic (exact) mass is 328 g/mol. The molecule has 0 bridgehead atoms. The second kappa shape index (κ2) is 5.82. The first-order chi connectivity index (χ1) is 9.00. The third-order valence-electron chi connectivity index (χ3n) is 3.02. The van der Waals surface area contributed by atoms with Crippen LogP contribution in [-0.2, 0) is 11.2 Å². The molecule has 1 aliphatic heterocycles. The van der Waals surface area contributed by atoms with Crippen molar-refractivity contribution in [1.29, 1.82) is 0 Å². The Morgan fingerprint density at radius 3 is 2.58 bits per heavy atom. The molecule has 5 heteroatoms. The smallest absolute Gasteiger partial charge is 0.307 e. The second-order valence-corrected chi connectivity index (χ2v) is 5.72. The van der Waals surface area contributed by atoms with Crippen molar-refractivity contribution in [1.82, 2.24) is 0 Å². The highest BCUT2D eigenvalue weighted by Gasteiger charge is 2.24. The number of ether oxygens (including phenoxy) is 2. The molecule has 0 aromatic heterocycles. The largest absolute Gasteiger partial charge is 0.489 e. The zero-order chi connectivity index (χ0) is 14.0. The predicted octanol–water partition coefficient (Wildman–Crippen LogP) is 3.36. The van der Waals surface area contributed by atoms with Crippen LogP contribution in [0, 0.1) is 0 Å². The summed E-state index contributed by atoms with van der Waals surface area (Å²) >= 11 is 3.44. The maximum atomic E-state index is 11.0. The molecule has 19 heavy (non-hydrogen) atoms. The van der Waals surface area contributed by atoms with Crippen LogP contribution in [0.1, 0.15) is 37.3 Å². The van der Waals surface area contributed by atoms with Crippen molar-refractivity contribution in [2.45, 2.75) is 32.6 Å². The van der Waals surface area contributed by atoms with Gasteiger partial charge in [-0.2, -0.15) is 0 Å². The fourth-order valence-electron chi connectivity index (χ4n) is 2.30. The Hall–Kier alpha value is -1.23. The van der Waals surface area contributed by atoms with Gasteiger partial charge in [-0.25, -0.2) is 0 Å². The average molecular weight is 329 g/mol. The molecule has 2 rings (SSSR count). The van der Waals surface area contributed by atoms with Crippen LogP contribution < -0.4 is 9.47 Å². The molecule has 0 spiro atoms. The number of hydrogen-bond donors (Lipinski definition) is 1. The number of halogens is 1. The van der Waals surface area contributed by atoms with Gasteiger partial charge in [0.15, 0.2) is 11.5 Å². The van der Waals surface area contributed by atoms with Crippen molar-refractivity contribution in [2.75, 3.05) is 13.2 Å². The van der Waals surface area contributed by atoms with Crippen molar-refractivity contribution >= 4 is 21.9 Å². The fourth-order valence-corrected chi connectivity index (χ4v) is 2.87. The van der Waals surface area contributed by atoms with Gasteiger partial charge >= 0.3 is 5.97 Å². The lowest BCUT2D eigenvalue weighted by Crippen LogP contribution is -2.08. The molecule has 104 valence electrons. The number of carbonyl (C=O) groups is 1. The highest BCUT2D eigenvalue weighted by atomic mass is 79.9. The molecule has 1 aromatic carbocycles. The van der Waals surface area contributed by atoms with Gasteiger partial charge in [0.05, 0.1) is 24.1 Å². The Bertz CT molecular complexity index is 497. The summed E-state index contributed by atoms with van der Waals surface area (Å²) in [6.45, 7) is 5.27. The first kappa shape index (κ1) is 14.2. The molecule has 0 fully saturated rings. The second-order valence-electron chi connectivity index (χ2n) is 4.87.